The summed E-state index contributed by atoms with van der Waals surface area (Å²) in [4.78, 5) is 12.9. The molecule has 6 nitrogen and oxygen atoms in total. The van der Waals surface area contributed by atoms with Gasteiger partial charge in [0.15, 0.2) is 0 Å². The minimum absolute atomic E-state index is 0.176. The highest BCUT2D eigenvalue weighted by molar-refractivity contribution is 7.92. The lowest BCUT2D eigenvalue weighted by molar-refractivity contribution is 0.102. The lowest BCUT2D eigenvalue weighted by atomic mass is 10.1. The second-order valence-corrected chi connectivity index (χ2v) is 8.97. The summed E-state index contributed by atoms with van der Waals surface area (Å²) >= 11 is 6.11. The summed E-state index contributed by atoms with van der Waals surface area (Å²) in [5.74, 6) is 0.114. The number of carbonyl (C=O) groups is 1. The predicted octanol–water partition coefficient (Wildman–Crippen LogP) is 4.73. The van der Waals surface area contributed by atoms with Gasteiger partial charge in [0.25, 0.3) is 15.9 Å². The van der Waals surface area contributed by atoms with Gasteiger partial charge in [-0.25, -0.2) is 8.42 Å². The van der Waals surface area contributed by atoms with E-state index >= 15 is 0 Å². The van der Waals surface area contributed by atoms with Gasteiger partial charge in [0.05, 0.1) is 22.7 Å². The molecule has 1 amide bonds. The van der Waals surface area contributed by atoms with Crippen LogP contribution in [0.5, 0.6) is 5.75 Å². The Morgan fingerprint density at radius 3 is 2.37 bits per heavy atom. The van der Waals surface area contributed by atoms with Gasteiger partial charge >= 0.3 is 0 Å². The molecule has 0 saturated carbocycles. The standard InChI is InChI=1S/C22H21ClN2O4S/c1-15-9-10-16(22(26)24-17-11-12-21(29-3)19(23)14-17)13-20(15)25(2)30(27,28)18-7-5-4-6-8-18/h4-14H,1-3H3,(H,24,26). The molecule has 30 heavy (non-hydrogen) atoms. The number of sulfonamides is 1. The Hall–Kier alpha value is -3.03. The third kappa shape index (κ3) is 4.42. The van der Waals surface area contributed by atoms with Crippen LogP contribution in [0.25, 0.3) is 0 Å². The second kappa shape index (κ2) is 8.77. The van der Waals surface area contributed by atoms with Crippen LogP contribution >= 0.6 is 11.6 Å². The molecule has 0 bridgehead atoms. The monoisotopic (exact) mass is 444 g/mol. The molecule has 0 spiro atoms. The third-order valence-corrected chi connectivity index (χ3v) is 6.70. The number of amides is 1. The van der Waals surface area contributed by atoms with Crippen LogP contribution in [0, 0.1) is 6.92 Å². The van der Waals surface area contributed by atoms with Crippen LogP contribution in [-0.4, -0.2) is 28.5 Å². The molecule has 156 valence electrons. The highest BCUT2D eigenvalue weighted by Gasteiger charge is 2.23. The van der Waals surface area contributed by atoms with Gasteiger partial charge in [-0.2, -0.15) is 0 Å². The van der Waals surface area contributed by atoms with Crippen LogP contribution in [-0.2, 0) is 10.0 Å². The topological polar surface area (TPSA) is 75.7 Å². The summed E-state index contributed by atoms with van der Waals surface area (Å²) in [6.07, 6.45) is 0. The number of methoxy groups -OCH3 is 1. The Bertz CT molecular complexity index is 1180. The molecule has 0 aliphatic heterocycles. The Balaban J connectivity index is 1.89. The number of nitrogens with zero attached hydrogens (tertiary/aromatic N) is 1. The number of hydrogen-bond donors (Lipinski definition) is 1. The van der Waals surface area contributed by atoms with Crippen molar-refractivity contribution in [3.63, 3.8) is 0 Å². The average Bonchev–Trinajstić information content (AvgIpc) is 2.74. The molecule has 0 aromatic heterocycles. The van der Waals surface area contributed by atoms with Gasteiger partial charge in [0.1, 0.15) is 5.75 Å². The van der Waals surface area contributed by atoms with Crippen molar-refractivity contribution >= 4 is 38.9 Å². The van der Waals surface area contributed by atoms with Gasteiger partial charge in [-0.15, -0.1) is 0 Å². The molecule has 0 aliphatic carbocycles. The van der Waals surface area contributed by atoms with Gasteiger partial charge in [0.2, 0.25) is 0 Å². The maximum atomic E-state index is 13.0. The van der Waals surface area contributed by atoms with E-state index < -0.39 is 10.0 Å². The maximum Gasteiger partial charge on any atom is 0.264 e. The molecular formula is C22H21ClN2O4S. The number of rotatable bonds is 6. The summed E-state index contributed by atoms with van der Waals surface area (Å²) in [6, 6.07) is 18.0. The number of halogens is 1. The number of hydrogen-bond acceptors (Lipinski definition) is 4. The first-order valence-electron chi connectivity index (χ1n) is 9.03. The molecule has 0 atom stereocenters. The van der Waals surface area contributed by atoms with Crippen LogP contribution < -0.4 is 14.4 Å². The molecule has 0 saturated heterocycles. The van der Waals surface area contributed by atoms with Crippen LogP contribution in [0.15, 0.2) is 71.6 Å². The first-order valence-corrected chi connectivity index (χ1v) is 10.9. The maximum absolute atomic E-state index is 13.0. The Morgan fingerprint density at radius 2 is 1.73 bits per heavy atom. The van der Waals surface area contributed by atoms with E-state index in [-0.39, 0.29) is 10.8 Å². The molecule has 3 aromatic carbocycles. The first-order chi connectivity index (χ1) is 14.2. The van der Waals surface area contributed by atoms with Gasteiger partial charge in [-0.1, -0.05) is 35.9 Å². The Labute approximate surface area is 181 Å². The van der Waals surface area contributed by atoms with Crippen LogP contribution in [0.3, 0.4) is 0 Å². The van der Waals surface area contributed by atoms with Gasteiger partial charge in [-0.05, 0) is 55.0 Å². The fourth-order valence-corrected chi connectivity index (χ4v) is 4.45. The number of ether oxygens (including phenoxy) is 1. The van der Waals surface area contributed by atoms with Crippen molar-refractivity contribution < 1.29 is 17.9 Å². The largest absolute Gasteiger partial charge is 0.495 e. The fraction of sp³-hybridized carbons (Fsp3) is 0.136. The second-order valence-electron chi connectivity index (χ2n) is 6.59. The summed E-state index contributed by atoms with van der Waals surface area (Å²) in [5, 5.41) is 3.13. The lowest BCUT2D eigenvalue weighted by Gasteiger charge is -2.22. The van der Waals surface area contributed by atoms with E-state index in [2.05, 4.69) is 5.32 Å². The van der Waals surface area contributed by atoms with Crippen LogP contribution in [0.1, 0.15) is 15.9 Å². The van der Waals surface area contributed by atoms with Crippen molar-refractivity contribution in [2.75, 3.05) is 23.8 Å². The van der Waals surface area contributed by atoms with Crippen molar-refractivity contribution in [3.8, 4) is 5.75 Å². The fourth-order valence-electron chi connectivity index (χ4n) is 2.92. The quantitative estimate of drug-likeness (QED) is 0.596. The molecular weight excluding hydrogens is 424 g/mol. The van der Waals surface area contributed by atoms with E-state index in [1.165, 1.54) is 30.6 Å². The van der Waals surface area contributed by atoms with Gasteiger partial charge in [-0.3, -0.25) is 9.10 Å². The van der Waals surface area contributed by atoms with E-state index in [0.717, 1.165) is 5.56 Å². The van der Waals surface area contributed by atoms with E-state index in [1.807, 2.05) is 0 Å². The molecule has 0 aliphatic rings. The zero-order valence-corrected chi connectivity index (χ0v) is 18.3. The minimum Gasteiger partial charge on any atom is -0.495 e. The predicted molar refractivity (Wildman–Crippen MR) is 119 cm³/mol. The highest BCUT2D eigenvalue weighted by atomic mass is 35.5. The van der Waals surface area contributed by atoms with E-state index in [4.69, 9.17) is 16.3 Å². The Morgan fingerprint density at radius 1 is 1.03 bits per heavy atom. The van der Waals surface area contributed by atoms with Crippen molar-refractivity contribution in [1.29, 1.82) is 0 Å². The SMILES string of the molecule is COc1ccc(NC(=O)c2ccc(C)c(N(C)S(=O)(=O)c3ccccc3)c2)cc1Cl. The molecule has 1 N–H and O–H groups in total. The van der Waals surface area contributed by atoms with Crippen LogP contribution in [0.2, 0.25) is 5.02 Å². The average molecular weight is 445 g/mol. The molecule has 0 unspecified atom stereocenters. The summed E-state index contributed by atoms with van der Waals surface area (Å²) < 4.78 is 32.2. The number of nitrogens with one attached hydrogen (secondary N) is 1. The normalized spacial score (nSPS) is 11.1. The van der Waals surface area contributed by atoms with Gasteiger partial charge in [0, 0.05) is 18.3 Å². The zero-order valence-electron chi connectivity index (χ0n) is 16.7. The first kappa shape index (κ1) is 21.7. The van der Waals surface area contributed by atoms with Crippen molar-refractivity contribution in [2.45, 2.75) is 11.8 Å². The number of aryl methyl sites for hydroxylation is 1. The smallest absolute Gasteiger partial charge is 0.264 e. The molecule has 8 heteroatoms. The number of anilines is 2. The highest BCUT2D eigenvalue weighted by Crippen LogP contribution is 2.29. The van der Waals surface area contributed by atoms with Crippen LogP contribution in [0.4, 0.5) is 11.4 Å². The Kier molecular flexibility index (Phi) is 6.34. The van der Waals surface area contributed by atoms with Crippen molar-refractivity contribution in [1.82, 2.24) is 0 Å². The molecule has 0 radical (unpaired) electrons. The van der Waals surface area contributed by atoms with Gasteiger partial charge < -0.3 is 10.1 Å². The van der Waals surface area contributed by atoms with Crippen molar-refractivity contribution in [2.24, 2.45) is 0 Å². The van der Waals surface area contributed by atoms with Crippen molar-refractivity contribution in [3.05, 3.63) is 82.9 Å². The molecule has 0 fully saturated rings. The minimum atomic E-state index is -3.76. The molecule has 3 rings (SSSR count). The number of benzene rings is 3. The van der Waals surface area contributed by atoms with E-state index in [1.54, 1.807) is 61.5 Å². The number of carbonyl (C=O) groups excluding carboxylic acids is 1. The third-order valence-electron chi connectivity index (χ3n) is 4.62. The lowest BCUT2D eigenvalue weighted by Crippen LogP contribution is -2.27. The summed E-state index contributed by atoms with van der Waals surface area (Å²) in [6.45, 7) is 1.79. The summed E-state index contributed by atoms with van der Waals surface area (Å²) in [7, 11) is -0.784. The molecule has 3 aromatic rings. The molecule has 0 heterocycles. The zero-order chi connectivity index (χ0) is 21.9. The summed E-state index contributed by atoms with van der Waals surface area (Å²) in [5.41, 5.74) is 1.95. The van der Waals surface area contributed by atoms with E-state index in [0.29, 0.717) is 27.7 Å². The van der Waals surface area contributed by atoms with E-state index in [9.17, 15) is 13.2 Å².